The SMILES string of the molecule is COCCN(C)S(=O)(=O)c1ccc(/C(=N\OCc2ncccn2)C(=O)Nc2ncc(F)s2)cc1. The molecule has 180 valence electrons. The summed E-state index contributed by atoms with van der Waals surface area (Å²) in [6.45, 7) is 0.306. The molecule has 0 atom stereocenters. The Morgan fingerprint density at radius 2 is 1.91 bits per heavy atom. The minimum atomic E-state index is -3.76. The summed E-state index contributed by atoms with van der Waals surface area (Å²) in [7, 11) is -0.838. The molecule has 1 amide bonds. The number of likely N-dealkylation sites (N-methyl/N-ethyl adjacent to an activating group) is 1. The predicted octanol–water partition coefficient (Wildman–Crippen LogP) is 1.90. The van der Waals surface area contributed by atoms with Gasteiger partial charge in [-0.25, -0.2) is 23.4 Å². The van der Waals surface area contributed by atoms with Gasteiger partial charge in [-0.3, -0.25) is 10.1 Å². The van der Waals surface area contributed by atoms with Gasteiger partial charge < -0.3 is 9.57 Å². The van der Waals surface area contributed by atoms with Gasteiger partial charge in [0.05, 0.1) is 17.7 Å². The van der Waals surface area contributed by atoms with E-state index < -0.39 is 21.1 Å². The minimum absolute atomic E-state index is 0.0233. The molecule has 0 aliphatic heterocycles. The van der Waals surface area contributed by atoms with E-state index in [-0.39, 0.29) is 41.1 Å². The van der Waals surface area contributed by atoms with Crippen LogP contribution in [0.2, 0.25) is 0 Å². The summed E-state index contributed by atoms with van der Waals surface area (Å²) in [5.41, 5.74) is 0.0882. The van der Waals surface area contributed by atoms with Gasteiger partial charge in [0.15, 0.2) is 28.4 Å². The number of rotatable bonds is 11. The molecule has 0 saturated heterocycles. The first-order chi connectivity index (χ1) is 16.3. The zero-order valence-electron chi connectivity index (χ0n) is 18.2. The summed E-state index contributed by atoms with van der Waals surface area (Å²) >= 11 is 0.644. The van der Waals surface area contributed by atoms with Crippen molar-refractivity contribution in [3.05, 3.63) is 65.4 Å². The topological polar surface area (TPSA) is 136 Å². The Labute approximate surface area is 199 Å². The highest BCUT2D eigenvalue weighted by Gasteiger charge is 2.22. The number of hydrogen-bond donors (Lipinski definition) is 1. The van der Waals surface area contributed by atoms with E-state index in [2.05, 4.69) is 25.4 Å². The number of nitrogens with one attached hydrogen (secondary N) is 1. The summed E-state index contributed by atoms with van der Waals surface area (Å²) in [6.07, 6.45) is 4.03. The third-order valence-corrected chi connectivity index (χ3v) is 6.90. The number of halogens is 1. The second-order valence-corrected chi connectivity index (χ2v) is 9.67. The molecule has 0 saturated carbocycles. The van der Waals surface area contributed by atoms with Crippen molar-refractivity contribution < 1.29 is 27.2 Å². The first-order valence-corrected chi connectivity index (χ1v) is 12.0. The lowest BCUT2D eigenvalue weighted by Crippen LogP contribution is -2.30. The van der Waals surface area contributed by atoms with E-state index in [1.165, 1.54) is 50.8 Å². The zero-order valence-corrected chi connectivity index (χ0v) is 19.8. The Kier molecular flexibility index (Phi) is 8.70. The first-order valence-electron chi connectivity index (χ1n) is 9.75. The average Bonchev–Trinajstić information content (AvgIpc) is 3.25. The minimum Gasteiger partial charge on any atom is -0.387 e. The van der Waals surface area contributed by atoms with Crippen LogP contribution in [0.4, 0.5) is 9.52 Å². The van der Waals surface area contributed by atoms with Gasteiger partial charge >= 0.3 is 0 Å². The molecular formula is C20H21FN6O5S2. The van der Waals surface area contributed by atoms with Crippen LogP contribution in [0.1, 0.15) is 11.4 Å². The number of carbonyl (C=O) groups is 1. The van der Waals surface area contributed by atoms with Gasteiger partial charge in [-0.1, -0.05) is 28.6 Å². The maximum Gasteiger partial charge on any atom is 0.280 e. The highest BCUT2D eigenvalue weighted by atomic mass is 32.2. The molecule has 2 heterocycles. The van der Waals surface area contributed by atoms with E-state index in [0.717, 1.165) is 10.5 Å². The highest BCUT2D eigenvalue weighted by molar-refractivity contribution is 7.89. The van der Waals surface area contributed by atoms with Gasteiger partial charge in [0, 0.05) is 38.7 Å². The summed E-state index contributed by atoms with van der Waals surface area (Å²) < 4.78 is 44.8. The first kappa shape index (κ1) is 25.3. The third kappa shape index (κ3) is 6.60. The second kappa shape index (κ2) is 11.7. The van der Waals surface area contributed by atoms with Crippen LogP contribution in [0.5, 0.6) is 0 Å². The van der Waals surface area contributed by atoms with Gasteiger partial charge in [0.2, 0.25) is 10.0 Å². The molecule has 14 heteroatoms. The van der Waals surface area contributed by atoms with E-state index in [1.54, 1.807) is 6.07 Å². The lowest BCUT2D eigenvalue weighted by Gasteiger charge is -2.17. The number of aromatic nitrogens is 3. The van der Waals surface area contributed by atoms with Crippen LogP contribution in [0, 0.1) is 5.13 Å². The second-order valence-electron chi connectivity index (χ2n) is 6.65. The Balaban J connectivity index is 1.84. The fourth-order valence-corrected chi connectivity index (χ4v) is 4.25. The molecule has 3 aromatic rings. The number of carbonyl (C=O) groups excluding carboxylic acids is 1. The molecule has 3 rings (SSSR count). The van der Waals surface area contributed by atoms with Crippen molar-refractivity contribution >= 4 is 38.1 Å². The number of anilines is 1. The van der Waals surface area contributed by atoms with Crippen molar-refractivity contribution in [3.8, 4) is 0 Å². The molecule has 0 radical (unpaired) electrons. The Bertz CT molecular complexity index is 1240. The fourth-order valence-electron chi connectivity index (χ4n) is 2.56. The van der Waals surface area contributed by atoms with Crippen molar-refractivity contribution in [1.82, 2.24) is 19.3 Å². The number of oxime groups is 1. The highest BCUT2D eigenvalue weighted by Crippen LogP contribution is 2.18. The van der Waals surface area contributed by atoms with Crippen LogP contribution in [0.3, 0.4) is 0 Å². The van der Waals surface area contributed by atoms with Gasteiger partial charge in [0.25, 0.3) is 5.91 Å². The number of amides is 1. The Hall–Kier alpha value is -3.33. The van der Waals surface area contributed by atoms with Crippen molar-refractivity contribution in [2.24, 2.45) is 5.16 Å². The maximum absolute atomic E-state index is 13.3. The molecule has 2 aromatic heterocycles. The molecule has 0 spiro atoms. The standard InChI is InChI=1S/C20H21FN6O5S2/c1-27(10-11-31-2)34(29,30)15-6-4-14(5-7-15)18(19(28)25-20-24-12-16(21)33-20)26-32-13-17-22-8-3-9-23-17/h3-9,12H,10-11,13H2,1-2H3,(H,24,25,28)/b26-18+. The largest absolute Gasteiger partial charge is 0.387 e. The molecule has 0 fully saturated rings. The van der Waals surface area contributed by atoms with E-state index in [1.807, 2.05) is 0 Å². The van der Waals surface area contributed by atoms with E-state index in [0.29, 0.717) is 17.2 Å². The molecule has 0 unspecified atom stereocenters. The number of ether oxygens (including phenoxy) is 1. The van der Waals surface area contributed by atoms with E-state index >= 15 is 0 Å². The molecule has 1 N–H and O–H groups in total. The summed E-state index contributed by atoms with van der Waals surface area (Å²) in [4.78, 5) is 29.9. The van der Waals surface area contributed by atoms with E-state index in [4.69, 9.17) is 9.57 Å². The maximum atomic E-state index is 13.3. The van der Waals surface area contributed by atoms with Gasteiger partial charge in [-0.2, -0.15) is 8.70 Å². The smallest absolute Gasteiger partial charge is 0.280 e. The predicted molar refractivity (Wildman–Crippen MR) is 122 cm³/mol. The molecule has 0 bridgehead atoms. The van der Waals surface area contributed by atoms with Crippen LogP contribution in [0.25, 0.3) is 0 Å². The summed E-state index contributed by atoms with van der Waals surface area (Å²) in [6, 6.07) is 7.17. The molecular weight excluding hydrogens is 487 g/mol. The van der Waals surface area contributed by atoms with Crippen molar-refractivity contribution in [1.29, 1.82) is 0 Å². The van der Waals surface area contributed by atoms with Gasteiger partial charge in [-0.15, -0.1) is 0 Å². The number of sulfonamides is 1. The number of nitrogens with zero attached hydrogens (tertiary/aromatic N) is 5. The molecule has 1 aromatic carbocycles. The van der Waals surface area contributed by atoms with Crippen LogP contribution in [0.15, 0.2) is 59.0 Å². The monoisotopic (exact) mass is 508 g/mol. The van der Waals surface area contributed by atoms with Crippen LogP contribution >= 0.6 is 11.3 Å². The molecule has 0 aliphatic rings. The lowest BCUT2D eigenvalue weighted by atomic mass is 10.1. The summed E-state index contributed by atoms with van der Waals surface area (Å²) in [5.74, 6) is -0.385. The Morgan fingerprint density at radius 3 is 2.53 bits per heavy atom. The molecule has 0 aliphatic carbocycles. The van der Waals surface area contributed by atoms with Crippen molar-refractivity contribution in [2.45, 2.75) is 11.5 Å². The lowest BCUT2D eigenvalue weighted by molar-refractivity contribution is -0.110. The quantitative estimate of drug-likeness (QED) is 0.306. The van der Waals surface area contributed by atoms with Gasteiger partial charge in [0.1, 0.15) is 0 Å². The zero-order chi connectivity index (χ0) is 24.6. The molecule has 34 heavy (non-hydrogen) atoms. The third-order valence-electron chi connectivity index (χ3n) is 4.33. The van der Waals surface area contributed by atoms with Crippen LogP contribution in [-0.2, 0) is 31.0 Å². The van der Waals surface area contributed by atoms with Crippen molar-refractivity contribution in [3.63, 3.8) is 0 Å². The normalized spacial score (nSPS) is 12.1. The number of thiazole rings is 1. The number of methoxy groups -OCH3 is 1. The fraction of sp³-hybridized carbons (Fsp3) is 0.250. The van der Waals surface area contributed by atoms with Crippen LogP contribution < -0.4 is 5.32 Å². The van der Waals surface area contributed by atoms with Gasteiger partial charge in [-0.05, 0) is 18.2 Å². The number of hydrogen-bond acceptors (Lipinski definition) is 10. The van der Waals surface area contributed by atoms with E-state index in [9.17, 15) is 17.6 Å². The Morgan fingerprint density at radius 1 is 1.21 bits per heavy atom. The number of benzene rings is 1. The molecule has 11 nitrogen and oxygen atoms in total. The average molecular weight is 509 g/mol. The van der Waals surface area contributed by atoms with Crippen molar-refractivity contribution in [2.75, 3.05) is 32.6 Å². The van der Waals surface area contributed by atoms with Crippen LogP contribution in [-0.4, -0.2) is 66.6 Å². The summed E-state index contributed by atoms with van der Waals surface area (Å²) in [5, 5.41) is 5.79.